The molecule has 1 aliphatic carbocycles. The molecule has 2 atom stereocenters. The minimum absolute atomic E-state index is 0.644. The molecule has 72 valence electrons. The molecule has 1 rings (SSSR count). The second-order valence-electron chi connectivity index (χ2n) is 4.56. The molecular formula is C11H23N. The van der Waals surface area contributed by atoms with Crippen LogP contribution in [-0.4, -0.2) is 12.6 Å². The zero-order valence-corrected chi connectivity index (χ0v) is 8.82. The quantitative estimate of drug-likeness (QED) is 0.682. The minimum Gasteiger partial charge on any atom is -0.314 e. The average molecular weight is 169 g/mol. The number of hydrogen-bond donors (Lipinski definition) is 1. The molecule has 0 aliphatic heterocycles. The molecule has 0 heterocycles. The Bertz CT molecular complexity index is 131. The minimum atomic E-state index is 0.644. The van der Waals surface area contributed by atoms with Gasteiger partial charge in [0, 0.05) is 6.04 Å². The molecule has 1 fully saturated rings. The van der Waals surface area contributed by atoms with E-state index in [2.05, 4.69) is 26.1 Å². The lowest BCUT2D eigenvalue weighted by atomic mass is 9.86. The zero-order chi connectivity index (χ0) is 9.03. The Labute approximate surface area is 76.9 Å². The first-order valence-electron chi connectivity index (χ1n) is 5.43. The fourth-order valence-electron chi connectivity index (χ4n) is 2.17. The van der Waals surface area contributed by atoms with E-state index in [1.165, 1.54) is 38.6 Å². The van der Waals surface area contributed by atoms with Crippen LogP contribution in [0.1, 0.15) is 52.9 Å². The van der Waals surface area contributed by atoms with Crippen LogP contribution in [0.2, 0.25) is 0 Å². The second kappa shape index (κ2) is 4.27. The van der Waals surface area contributed by atoms with E-state index in [4.69, 9.17) is 0 Å². The highest BCUT2D eigenvalue weighted by Crippen LogP contribution is 2.40. The third-order valence-electron chi connectivity index (χ3n) is 3.37. The highest BCUT2D eigenvalue weighted by molar-refractivity contribution is 4.88. The molecule has 1 heteroatoms. The molecule has 0 amide bonds. The Morgan fingerprint density at radius 1 is 1.42 bits per heavy atom. The Kier molecular flexibility index (Phi) is 3.57. The van der Waals surface area contributed by atoms with Gasteiger partial charge in [0.1, 0.15) is 0 Å². The summed E-state index contributed by atoms with van der Waals surface area (Å²) in [6, 6.07) is 0.815. The summed E-state index contributed by atoms with van der Waals surface area (Å²) in [5.41, 5.74) is 0.644. The van der Waals surface area contributed by atoms with Crippen LogP contribution in [0.25, 0.3) is 0 Å². The summed E-state index contributed by atoms with van der Waals surface area (Å²) in [5, 5.41) is 3.62. The highest BCUT2D eigenvalue weighted by Gasteiger charge is 2.32. The topological polar surface area (TPSA) is 12.0 Å². The van der Waals surface area contributed by atoms with E-state index < -0.39 is 0 Å². The summed E-state index contributed by atoms with van der Waals surface area (Å²) in [5.74, 6) is 0. The molecule has 0 bridgehead atoms. The van der Waals surface area contributed by atoms with E-state index in [1.54, 1.807) is 0 Å². The van der Waals surface area contributed by atoms with Crippen LogP contribution < -0.4 is 5.32 Å². The van der Waals surface area contributed by atoms with E-state index >= 15 is 0 Å². The molecule has 1 N–H and O–H groups in total. The zero-order valence-electron chi connectivity index (χ0n) is 8.82. The standard InChI is InChI=1S/C11H23N/c1-4-8-12-10-6-7-11(3,5-2)9-10/h10,12H,4-9H2,1-3H3. The molecule has 0 aromatic heterocycles. The number of rotatable bonds is 4. The third-order valence-corrected chi connectivity index (χ3v) is 3.37. The van der Waals surface area contributed by atoms with Gasteiger partial charge in [0.2, 0.25) is 0 Å². The monoisotopic (exact) mass is 169 g/mol. The maximum absolute atomic E-state index is 3.62. The van der Waals surface area contributed by atoms with Crippen molar-refractivity contribution in [3.63, 3.8) is 0 Å². The summed E-state index contributed by atoms with van der Waals surface area (Å²) >= 11 is 0. The van der Waals surface area contributed by atoms with Crippen LogP contribution in [-0.2, 0) is 0 Å². The van der Waals surface area contributed by atoms with E-state index in [0.29, 0.717) is 5.41 Å². The van der Waals surface area contributed by atoms with Crippen molar-refractivity contribution >= 4 is 0 Å². The SMILES string of the molecule is CCCNC1CCC(C)(CC)C1. The van der Waals surface area contributed by atoms with Gasteiger partial charge in [-0.3, -0.25) is 0 Å². The Morgan fingerprint density at radius 2 is 2.17 bits per heavy atom. The van der Waals surface area contributed by atoms with Crippen molar-refractivity contribution in [3.8, 4) is 0 Å². The van der Waals surface area contributed by atoms with Gasteiger partial charge in [-0.05, 0) is 37.6 Å². The van der Waals surface area contributed by atoms with E-state index in [0.717, 1.165) is 6.04 Å². The van der Waals surface area contributed by atoms with E-state index in [1.807, 2.05) is 0 Å². The third kappa shape index (κ3) is 2.48. The maximum Gasteiger partial charge on any atom is 0.00724 e. The van der Waals surface area contributed by atoms with Crippen molar-refractivity contribution in [2.75, 3.05) is 6.54 Å². The normalized spacial score (nSPS) is 35.8. The van der Waals surface area contributed by atoms with Crippen molar-refractivity contribution in [2.24, 2.45) is 5.41 Å². The molecule has 0 aromatic rings. The summed E-state index contributed by atoms with van der Waals surface area (Å²) < 4.78 is 0. The highest BCUT2D eigenvalue weighted by atomic mass is 14.9. The Morgan fingerprint density at radius 3 is 2.67 bits per heavy atom. The summed E-state index contributed by atoms with van der Waals surface area (Å²) in [7, 11) is 0. The van der Waals surface area contributed by atoms with Gasteiger partial charge < -0.3 is 5.32 Å². The van der Waals surface area contributed by atoms with Gasteiger partial charge in [-0.2, -0.15) is 0 Å². The second-order valence-corrected chi connectivity index (χ2v) is 4.56. The summed E-state index contributed by atoms with van der Waals surface area (Å²) in [6.07, 6.45) is 6.81. The van der Waals surface area contributed by atoms with Crippen molar-refractivity contribution < 1.29 is 0 Å². The van der Waals surface area contributed by atoms with Gasteiger partial charge in [0.25, 0.3) is 0 Å². The Balaban J connectivity index is 2.25. The maximum atomic E-state index is 3.62. The Hall–Kier alpha value is -0.0400. The van der Waals surface area contributed by atoms with Gasteiger partial charge in [0.05, 0.1) is 0 Å². The molecule has 1 saturated carbocycles. The summed E-state index contributed by atoms with van der Waals surface area (Å²) in [4.78, 5) is 0. The molecule has 0 radical (unpaired) electrons. The number of hydrogen-bond acceptors (Lipinski definition) is 1. The largest absolute Gasteiger partial charge is 0.314 e. The van der Waals surface area contributed by atoms with Crippen LogP contribution in [0.5, 0.6) is 0 Å². The molecule has 1 nitrogen and oxygen atoms in total. The first-order valence-corrected chi connectivity index (χ1v) is 5.43. The molecule has 0 saturated heterocycles. The van der Waals surface area contributed by atoms with Gasteiger partial charge >= 0.3 is 0 Å². The fraction of sp³-hybridized carbons (Fsp3) is 1.00. The van der Waals surface area contributed by atoms with Crippen molar-refractivity contribution in [1.29, 1.82) is 0 Å². The van der Waals surface area contributed by atoms with Gasteiger partial charge in [0.15, 0.2) is 0 Å². The first-order chi connectivity index (χ1) is 5.70. The van der Waals surface area contributed by atoms with Crippen molar-refractivity contribution in [1.82, 2.24) is 5.32 Å². The van der Waals surface area contributed by atoms with Crippen LogP contribution >= 0.6 is 0 Å². The molecule has 2 unspecified atom stereocenters. The summed E-state index contributed by atoms with van der Waals surface area (Å²) in [6.45, 7) is 8.19. The predicted molar refractivity (Wildman–Crippen MR) is 54.3 cm³/mol. The lowest BCUT2D eigenvalue weighted by molar-refractivity contribution is 0.312. The number of nitrogens with one attached hydrogen (secondary N) is 1. The molecule has 12 heavy (non-hydrogen) atoms. The average Bonchev–Trinajstić information content (AvgIpc) is 2.45. The van der Waals surface area contributed by atoms with Crippen LogP contribution in [0.4, 0.5) is 0 Å². The van der Waals surface area contributed by atoms with Crippen LogP contribution in [0, 0.1) is 5.41 Å². The van der Waals surface area contributed by atoms with Crippen LogP contribution in [0.3, 0.4) is 0 Å². The predicted octanol–water partition coefficient (Wildman–Crippen LogP) is 2.95. The molecule has 1 aliphatic rings. The molecular weight excluding hydrogens is 146 g/mol. The first kappa shape index (κ1) is 10.0. The van der Waals surface area contributed by atoms with Crippen LogP contribution in [0.15, 0.2) is 0 Å². The lowest BCUT2D eigenvalue weighted by Gasteiger charge is -2.21. The van der Waals surface area contributed by atoms with E-state index in [-0.39, 0.29) is 0 Å². The van der Waals surface area contributed by atoms with Gasteiger partial charge in [-0.25, -0.2) is 0 Å². The fourth-order valence-corrected chi connectivity index (χ4v) is 2.17. The van der Waals surface area contributed by atoms with Gasteiger partial charge in [-0.1, -0.05) is 27.2 Å². The lowest BCUT2D eigenvalue weighted by Crippen LogP contribution is -2.28. The molecule has 0 aromatic carbocycles. The van der Waals surface area contributed by atoms with Crippen molar-refractivity contribution in [3.05, 3.63) is 0 Å². The van der Waals surface area contributed by atoms with Crippen molar-refractivity contribution in [2.45, 2.75) is 58.9 Å². The van der Waals surface area contributed by atoms with E-state index in [9.17, 15) is 0 Å². The van der Waals surface area contributed by atoms with Gasteiger partial charge in [-0.15, -0.1) is 0 Å². The smallest absolute Gasteiger partial charge is 0.00724 e. The molecule has 0 spiro atoms.